The van der Waals surface area contributed by atoms with E-state index in [0.717, 1.165) is 5.82 Å². The maximum atomic E-state index is 10.1. The van der Waals surface area contributed by atoms with Gasteiger partial charge in [-0.3, -0.25) is 4.57 Å². The average Bonchev–Trinajstić information content (AvgIpc) is 3.17. The third kappa shape index (κ3) is 1.74. The number of nitrogens with zero attached hydrogens (tertiary/aromatic N) is 5. The van der Waals surface area contributed by atoms with E-state index in [1.807, 2.05) is 10.4 Å². The van der Waals surface area contributed by atoms with Gasteiger partial charge in [0.15, 0.2) is 23.8 Å². The number of ether oxygens (including phenoxy) is 1. The molecule has 3 aliphatic rings. The zero-order valence-electron chi connectivity index (χ0n) is 10.9. The number of nitrogens with one attached hydrogen (secondary N) is 1. The lowest BCUT2D eigenvalue weighted by Crippen LogP contribution is -2.43. The van der Waals surface area contributed by atoms with Crippen molar-refractivity contribution in [3.8, 4) is 0 Å². The first-order chi connectivity index (χ1) is 10.2. The second-order valence-corrected chi connectivity index (χ2v) is 5.04. The molecule has 0 spiro atoms. The molecule has 4 atom stereocenters. The second kappa shape index (κ2) is 4.58. The molecule has 112 valence electrons. The summed E-state index contributed by atoms with van der Waals surface area (Å²) in [6, 6.07) is 0. The van der Waals surface area contributed by atoms with Crippen molar-refractivity contribution in [1.29, 1.82) is 0 Å². The molecule has 4 rings (SSSR count). The predicted molar refractivity (Wildman–Crippen MR) is 67.3 cm³/mol. The van der Waals surface area contributed by atoms with Crippen molar-refractivity contribution in [2.45, 2.75) is 24.7 Å². The largest absolute Gasteiger partial charge is 0.386 e. The molecule has 0 amide bonds. The van der Waals surface area contributed by atoms with Crippen molar-refractivity contribution in [3.63, 3.8) is 0 Å². The Morgan fingerprint density at radius 2 is 2.19 bits per heavy atom. The minimum Gasteiger partial charge on any atom is -0.386 e. The number of hydrogen-bond donors (Lipinski definition) is 4. The van der Waals surface area contributed by atoms with Gasteiger partial charge < -0.3 is 25.1 Å². The van der Waals surface area contributed by atoms with Crippen LogP contribution in [0, 0.1) is 0 Å². The molecule has 21 heavy (non-hydrogen) atoms. The maximum absolute atomic E-state index is 10.1. The van der Waals surface area contributed by atoms with Gasteiger partial charge in [0.2, 0.25) is 0 Å². The van der Waals surface area contributed by atoms with Crippen LogP contribution in [0.2, 0.25) is 0 Å². The van der Waals surface area contributed by atoms with Crippen LogP contribution in [0.3, 0.4) is 0 Å². The molecular weight excluding hydrogens is 280 g/mol. The van der Waals surface area contributed by atoms with E-state index < -0.39 is 24.7 Å². The van der Waals surface area contributed by atoms with E-state index in [1.54, 1.807) is 10.8 Å². The predicted octanol–water partition coefficient (Wildman–Crippen LogP) is -3.52. The Bertz CT molecular complexity index is 715. The Morgan fingerprint density at radius 3 is 2.95 bits per heavy atom. The van der Waals surface area contributed by atoms with Gasteiger partial charge in [0.1, 0.15) is 24.2 Å². The van der Waals surface area contributed by atoms with Crippen LogP contribution in [0.4, 0.5) is 0 Å². The standard InChI is InChI=1S/C11H14N6O4/c18-6-7(19)11(21-10(6)15-20)17-4-13-5-8-12-1-2-16(8)3-14-9(5)17/h1,4,6-7,10-11,15,18-20H,2-3H2/t6-,7+,10-,11+/m0/s1. The number of fused-ring (bicyclic) bond motifs is 2. The minimum absolute atomic E-state index is 0.446. The Morgan fingerprint density at radius 1 is 1.33 bits per heavy atom. The zero-order valence-corrected chi connectivity index (χ0v) is 10.9. The lowest BCUT2D eigenvalue weighted by Gasteiger charge is -2.19. The minimum atomic E-state index is -1.25. The quantitative estimate of drug-likeness (QED) is 0.416. The molecule has 10 nitrogen and oxygen atoms in total. The van der Waals surface area contributed by atoms with Gasteiger partial charge >= 0.3 is 0 Å². The number of aliphatic hydroxyl groups excluding tert-OH is 2. The van der Waals surface area contributed by atoms with Crippen molar-refractivity contribution < 1.29 is 20.2 Å². The summed E-state index contributed by atoms with van der Waals surface area (Å²) < 4.78 is 6.94. The molecule has 1 saturated heterocycles. The lowest BCUT2D eigenvalue weighted by atomic mass is 10.2. The van der Waals surface area contributed by atoms with Crippen molar-refractivity contribution >= 4 is 12.0 Å². The molecule has 10 heteroatoms. The monoisotopic (exact) mass is 294 g/mol. The Balaban J connectivity index is 1.80. The number of imidazole rings is 1. The van der Waals surface area contributed by atoms with E-state index in [4.69, 9.17) is 9.94 Å². The molecule has 0 unspecified atom stereocenters. The van der Waals surface area contributed by atoms with Crippen LogP contribution in [0.25, 0.3) is 5.82 Å². The fourth-order valence-corrected chi connectivity index (χ4v) is 2.73. The highest BCUT2D eigenvalue weighted by molar-refractivity contribution is 5.72. The van der Waals surface area contributed by atoms with Gasteiger partial charge in [0.25, 0.3) is 0 Å². The van der Waals surface area contributed by atoms with Crippen molar-refractivity contribution in [2.24, 2.45) is 9.98 Å². The SMILES string of the molecule is ON[C@H]1O[C@@H](n2cnc3c2=NCN2CC=NC=32)[C@H](O)[C@@H]1O. The Labute approximate surface area is 118 Å². The summed E-state index contributed by atoms with van der Waals surface area (Å²) in [6.07, 6.45) is -1.15. The summed E-state index contributed by atoms with van der Waals surface area (Å²) in [5, 5.41) is 29.4. The van der Waals surface area contributed by atoms with Crippen LogP contribution in [-0.4, -0.2) is 67.7 Å². The number of aliphatic imine (C=N–C) groups is 1. The van der Waals surface area contributed by atoms with E-state index in [2.05, 4.69) is 15.0 Å². The van der Waals surface area contributed by atoms with E-state index in [-0.39, 0.29) is 0 Å². The Hall–Kier alpha value is -1.85. The smallest absolute Gasteiger partial charge is 0.167 e. The third-order valence-electron chi connectivity index (χ3n) is 3.83. The van der Waals surface area contributed by atoms with Gasteiger partial charge in [0, 0.05) is 6.21 Å². The molecule has 0 bridgehead atoms. The lowest BCUT2D eigenvalue weighted by molar-refractivity contribution is -0.0971. The van der Waals surface area contributed by atoms with Crippen LogP contribution in [0.15, 0.2) is 16.3 Å². The molecule has 1 aromatic heterocycles. The van der Waals surface area contributed by atoms with Crippen LogP contribution >= 0.6 is 0 Å². The number of hydroxylamine groups is 1. The zero-order chi connectivity index (χ0) is 14.6. The normalized spacial score (nSPS) is 34.0. The van der Waals surface area contributed by atoms with Gasteiger partial charge in [-0.1, -0.05) is 0 Å². The van der Waals surface area contributed by atoms with Crippen LogP contribution in [0.1, 0.15) is 6.23 Å². The van der Waals surface area contributed by atoms with Crippen molar-refractivity contribution in [1.82, 2.24) is 19.9 Å². The highest BCUT2D eigenvalue weighted by atomic mass is 16.6. The van der Waals surface area contributed by atoms with Gasteiger partial charge in [-0.25, -0.2) is 15.0 Å². The molecule has 1 fully saturated rings. The second-order valence-electron chi connectivity index (χ2n) is 5.04. The summed E-state index contributed by atoms with van der Waals surface area (Å²) in [6.45, 7) is 1.14. The summed E-state index contributed by atoms with van der Waals surface area (Å²) in [5.41, 5.74) is 2.36. The average molecular weight is 294 g/mol. The Kier molecular flexibility index (Phi) is 2.80. The van der Waals surface area contributed by atoms with E-state index in [9.17, 15) is 10.2 Å². The summed E-state index contributed by atoms with van der Waals surface area (Å²) in [4.78, 5) is 14.9. The molecule has 0 radical (unpaired) electrons. The summed E-state index contributed by atoms with van der Waals surface area (Å²) in [5.74, 6) is 0.739. The molecular formula is C11H14N6O4. The summed E-state index contributed by atoms with van der Waals surface area (Å²) >= 11 is 0. The third-order valence-corrected chi connectivity index (χ3v) is 3.83. The molecule has 0 aliphatic carbocycles. The first-order valence-corrected chi connectivity index (χ1v) is 6.51. The van der Waals surface area contributed by atoms with Gasteiger partial charge in [-0.2, -0.15) is 5.48 Å². The van der Waals surface area contributed by atoms with Crippen LogP contribution < -0.4 is 16.3 Å². The molecule has 0 saturated carbocycles. The highest BCUT2D eigenvalue weighted by Gasteiger charge is 2.44. The van der Waals surface area contributed by atoms with E-state index >= 15 is 0 Å². The molecule has 4 heterocycles. The number of rotatable bonds is 2. The van der Waals surface area contributed by atoms with Crippen molar-refractivity contribution in [2.75, 3.05) is 13.2 Å². The maximum Gasteiger partial charge on any atom is 0.167 e. The number of aromatic nitrogens is 2. The van der Waals surface area contributed by atoms with Gasteiger partial charge in [-0.05, 0) is 0 Å². The fourth-order valence-electron chi connectivity index (χ4n) is 2.73. The van der Waals surface area contributed by atoms with Crippen molar-refractivity contribution in [3.05, 3.63) is 17.2 Å². The highest BCUT2D eigenvalue weighted by Crippen LogP contribution is 2.26. The first kappa shape index (κ1) is 12.9. The summed E-state index contributed by atoms with van der Waals surface area (Å²) in [7, 11) is 0. The first-order valence-electron chi connectivity index (χ1n) is 6.51. The fraction of sp³-hybridized carbons (Fsp3) is 0.545. The number of hydrogen-bond acceptors (Lipinski definition) is 9. The topological polar surface area (TPSA) is 128 Å². The van der Waals surface area contributed by atoms with Crippen LogP contribution in [-0.2, 0) is 4.74 Å². The van der Waals surface area contributed by atoms with Gasteiger partial charge in [0.05, 0.1) is 12.9 Å². The van der Waals surface area contributed by atoms with Crippen LogP contribution in [0.5, 0.6) is 0 Å². The number of aliphatic hydroxyl groups is 2. The molecule has 0 aromatic carbocycles. The van der Waals surface area contributed by atoms with E-state index in [1.165, 1.54) is 6.33 Å². The van der Waals surface area contributed by atoms with Gasteiger partial charge in [-0.15, -0.1) is 0 Å². The van der Waals surface area contributed by atoms with E-state index in [0.29, 0.717) is 24.1 Å². The molecule has 3 aliphatic heterocycles. The molecule has 4 N–H and O–H groups in total. The molecule has 1 aromatic rings.